The average molecular weight is 334 g/mol. The molecule has 0 bridgehead atoms. The van der Waals surface area contributed by atoms with Crippen LogP contribution in [0.3, 0.4) is 0 Å². The molecule has 122 valence electrons. The standard InChI is InChI=1S/C16H18N2O4S/c1-22-11-3-2-4-12(7-11)23-9-14(20)18-6-5-16(10-18)8-13(19)17-15(16)21/h2-4,7H,5-6,8-10H2,1H3,(H,17,19,21). The summed E-state index contributed by atoms with van der Waals surface area (Å²) < 4.78 is 5.16. The number of amides is 3. The molecule has 0 saturated carbocycles. The van der Waals surface area contributed by atoms with Crippen LogP contribution in [-0.2, 0) is 14.4 Å². The van der Waals surface area contributed by atoms with Gasteiger partial charge < -0.3 is 9.64 Å². The Labute approximate surface area is 138 Å². The van der Waals surface area contributed by atoms with Crippen molar-refractivity contribution in [3.05, 3.63) is 24.3 Å². The van der Waals surface area contributed by atoms with E-state index in [1.54, 1.807) is 12.0 Å². The highest BCUT2D eigenvalue weighted by Crippen LogP contribution is 2.38. The highest BCUT2D eigenvalue weighted by atomic mass is 32.2. The summed E-state index contributed by atoms with van der Waals surface area (Å²) in [5.41, 5.74) is -0.701. The minimum atomic E-state index is -0.701. The maximum absolute atomic E-state index is 12.4. The van der Waals surface area contributed by atoms with E-state index in [1.807, 2.05) is 24.3 Å². The van der Waals surface area contributed by atoms with Gasteiger partial charge in [0.2, 0.25) is 17.7 Å². The quantitative estimate of drug-likeness (QED) is 0.658. The highest BCUT2D eigenvalue weighted by molar-refractivity contribution is 8.00. The number of nitrogens with zero attached hydrogens (tertiary/aromatic N) is 1. The van der Waals surface area contributed by atoms with Crippen molar-refractivity contribution >= 4 is 29.5 Å². The molecule has 2 heterocycles. The van der Waals surface area contributed by atoms with Crippen LogP contribution in [0.25, 0.3) is 0 Å². The second-order valence-electron chi connectivity index (χ2n) is 5.87. The highest BCUT2D eigenvalue weighted by Gasteiger charge is 2.51. The number of carbonyl (C=O) groups excluding carboxylic acids is 3. The van der Waals surface area contributed by atoms with Crippen molar-refractivity contribution in [2.75, 3.05) is 26.0 Å². The zero-order valence-electron chi connectivity index (χ0n) is 12.8. The number of nitrogens with one attached hydrogen (secondary N) is 1. The Morgan fingerprint density at radius 1 is 1.43 bits per heavy atom. The van der Waals surface area contributed by atoms with Gasteiger partial charge in [-0.1, -0.05) is 6.07 Å². The Balaban J connectivity index is 1.57. The molecule has 1 aromatic carbocycles. The van der Waals surface area contributed by atoms with Gasteiger partial charge in [-0.05, 0) is 24.6 Å². The first-order valence-corrected chi connectivity index (χ1v) is 8.40. The fourth-order valence-electron chi connectivity index (χ4n) is 3.03. The predicted octanol–water partition coefficient (Wildman–Crippen LogP) is 1.05. The summed E-state index contributed by atoms with van der Waals surface area (Å²) in [4.78, 5) is 38.4. The fraction of sp³-hybridized carbons (Fsp3) is 0.438. The first kappa shape index (κ1) is 15.9. The molecular formula is C16H18N2O4S. The van der Waals surface area contributed by atoms with Crippen LogP contribution in [0.1, 0.15) is 12.8 Å². The molecule has 3 rings (SSSR count). The number of hydrogen-bond acceptors (Lipinski definition) is 5. The minimum absolute atomic E-state index is 0.0122. The van der Waals surface area contributed by atoms with E-state index in [9.17, 15) is 14.4 Å². The molecule has 2 fully saturated rings. The summed E-state index contributed by atoms with van der Waals surface area (Å²) in [5, 5.41) is 2.34. The van der Waals surface area contributed by atoms with Crippen molar-refractivity contribution in [3.63, 3.8) is 0 Å². The van der Waals surface area contributed by atoms with Gasteiger partial charge in [0, 0.05) is 24.4 Å². The molecule has 0 aliphatic carbocycles. The van der Waals surface area contributed by atoms with Gasteiger partial charge in [-0.25, -0.2) is 0 Å². The largest absolute Gasteiger partial charge is 0.497 e. The maximum Gasteiger partial charge on any atom is 0.235 e. The first-order chi connectivity index (χ1) is 11.0. The number of likely N-dealkylation sites (tertiary alicyclic amines) is 1. The van der Waals surface area contributed by atoms with E-state index in [2.05, 4.69) is 5.32 Å². The Hall–Kier alpha value is -2.02. The monoisotopic (exact) mass is 334 g/mol. The molecule has 7 heteroatoms. The summed E-state index contributed by atoms with van der Waals surface area (Å²) in [6.07, 6.45) is 0.749. The van der Waals surface area contributed by atoms with Crippen LogP contribution >= 0.6 is 11.8 Å². The van der Waals surface area contributed by atoms with Gasteiger partial charge in [-0.15, -0.1) is 11.8 Å². The third kappa shape index (κ3) is 3.19. The molecule has 2 saturated heterocycles. The van der Waals surface area contributed by atoms with Crippen LogP contribution in [0, 0.1) is 5.41 Å². The lowest BCUT2D eigenvalue weighted by atomic mass is 9.85. The van der Waals surface area contributed by atoms with E-state index in [0.29, 0.717) is 25.3 Å². The van der Waals surface area contributed by atoms with Gasteiger partial charge in [-0.2, -0.15) is 0 Å². The van der Waals surface area contributed by atoms with E-state index in [-0.39, 0.29) is 24.1 Å². The van der Waals surface area contributed by atoms with Gasteiger partial charge >= 0.3 is 0 Å². The number of ether oxygens (including phenoxy) is 1. The smallest absolute Gasteiger partial charge is 0.235 e. The lowest BCUT2D eigenvalue weighted by Gasteiger charge is -2.20. The number of benzene rings is 1. The molecule has 1 unspecified atom stereocenters. The van der Waals surface area contributed by atoms with Crippen LogP contribution in [0.2, 0.25) is 0 Å². The molecule has 3 amide bonds. The molecule has 1 spiro atoms. The van der Waals surface area contributed by atoms with E-state index >= 15 is 0 Å². The van der Waals surface area contributed by atoms with Crippen LogP contribution < -0.4 is 10.1 Å². The summed E-state index contributed by atoms with van der Waals surface area (Å²) >= 11 is 1.44. The second kappa shape index (κ2) is 6.23. The van der Waals surface area contributed by atoms with Crippen molar-refractivity contribution in [1.82, 2.24) is 10.2 Å². The summed E-state index contributed by atoms with van der Waals surface area (Å²) in [5.74, 6) is 0.567. The third-order valence-corrected chi connectivity index (χ3v) is 5.32. The van der Waals surface area contributed by atoms with Gasteiger partial charge in [-0.3, -0.25) is 19.7 Å². The summed E-state index contributed by atoms with van der Waals surface area (Å²) in [7, 11) is 1.60. The first-order valence-electron chi connectivity index (χ1n) is 7.41. The molecule has 1 atom stereocenters. The Kier molecular flexibility index (Phi) is 4.30. The predicted molar refractivity (Wildman–Crippen MR) is 85.1 cm³/mol. The number of rotatable bonds is 4. The molecule has 2 aliphatic heterocycles. The second-order valence-corrected chi connectivity index (χ2v) is 6.92. The van der Waals surface area contributed by atoms with Gasteiger partial charge in [0.05, 0.1) is 18.3 Å². The molecule has 6 nitrogen and oxygen atoms in total. The van der Waals surface area contributed by atoms with Crippen molar-refractivity contribution in [2.45, 2.75) is 17.7 Å². The third-order valence-electron chi connectivity index (χ3n) is 4.34. The van der Waals surface area contributed by atoms with E-state index in [4.69, 9.17) is 4.74 Å². The Morgan fingerprint density at radius 2 is 2.26 bits per heavy atom. The van der Waals surface area contributed by atoms with Crippen LogP contribution in [0.15, 0.2) is 29.2 Å². The minimum Gasteiger partial charge on any atom is -0.497 e. The van der Waals surface area contributed by atoms with Crippen molar-refractivity contribution in [2.24, 2.45) is 5.41 Å². The zero-order chi connectivity index (χ0) is 16.4. The van der Waals surface area contributed by atoms with Crippen molar-refractivity contribution < 1.29 is 19.1 Å². The molecule has 1 N–H and O–H groups in total. The number of thioether (sulfide) groups is 1. The molecule has 23 heavy (non-hydrogen) atoms. The van der Waals surface area contributed by atoms with Crippen LogP contribution in [0.4, 0.5) is 0 Å². The van der Waals surface area contributed by atoms with Gasteiger partial charge in [0.1, 0.15) is 5.75 Å². The number of imide groups is 1. The number of carbonyl (C=O) groups is 3. The van der Waals surface area contributed by atoms with E-state index in [1.165, 1.54) is 11.8 Å². The molecule has 1 aromatic rings. The van der Waals surface area contributed by atoms with Crippen LogP contribution in [0.5, 0.6) is 5.75 Å². The van der Waals surface area contributed by atoms with Crippen LogP contribution in [-0.4, -0.2) is 48.6 Å². The van der Waals surface area contributed by atoms with Gasteiger partial charge in [0.15, 0.2) is 0 Å². The number of methoxy groups -OCH3 is 1. The van der Waals surface area contributed by atoms with E-state index in [0.717, 1.165) is 10.6 Å². The lowest BCUT2D eigenvalue weighted by molar-refractivity contribution is -0.129. The molecule has 0 aromatic heterocycles. The molecule has 0 radical (unpaired) electrons. The van der Waals surface area contributed by atoms with Crippen molar-refractivity contribution in [1.29, 1.82) is 0 Å². The lowest BCUT2D eigenvalue weighted by Crippen LogP contribution is -2.37. The van der Waals surface area contributed by atoms with E-state index < -0.39 is 5.41 Å². The number of hydrogen-bond donors (Lipinski definition) is 1. The Bertz CT molecular complexity index is 663. The topological polar surface area (TPSA) is 75.7 Å². The van der Waals surface area contributed by atoms with Crippen molar-refractivity contribution in [3.8, 4) is 5.75 Å². The fourth-order valence-corrected chi connectivity index (χ4v) is 3.88. The maximum atomic E-state index is 12.4. The normalized spacial score (nSPS) is 23.4. The van der Waals surface area contributed by atoms with Gasteiger partial charge in [0.25, 0.3) is 0 Å². The Morgan fingerprint density at radius 3 is 2.96 bits per heavy atom. The SMILES string of the molecule is COc1cccc(SCC(=O)N2CCC3(CC(=O)NC3=O)C2)c1. The summed E-state index contributed by atoms with van der Waals surface area (Å²) in [6.45, 7) is 0.861. The molecule has 2 aliphatic rings. The molecular weight excluding hydrogens is 316 g/mol. The average Bonchev–Trinajstić information content (AvgIpc) is 3.09. The summed E-state index contributed by atoms with van der Waals surface area (Å²) in [6, 6.07) is 7.54. The zero-order valence-corrected chi connectivity index (χ0v) is 13.6.